The van der Waals surface area contributed by atoms with E-state index in [0.717, 1.165) is 0 Å². The molecule has 0 saturated carbocycles. The monoisotopic (exact) mass is 267 g/mol. The minimum atomic E-state index is -0.313. The van der Waals surface area contributed by atoms with E-state index >= 15 is 0 Å². The third-order valence-corrected chi connectivity index (χ3v) is 3.51. The Labute approximate surface area is 110 Å². The van der Waals surface area contributed by atoms with Crippen molar-refractivity contribution in [3.05, 3.63) is 23.0 Å². The maximum Gasteiger partial charge on any atom is 0.229 e. The van der Waals surface area contributed by atoms with E-state index in [1.165, 1.54) is 0 Å². The minimum Gasteiger partial charge on any atom is -0.345 e. The lowest BCUT2D eigenvalue weighted by Gasteiger charge is -2.12. The predicted octanol–water partition coefficient (Wildman–Crippen LogP) is 1.46. The van der Waals surface area contributed by atoms with Crippen LogP contribution >= 0.6 is 11.6 Å². The second kappa shape index (κ2) is 4.94. The molecule has 0 aliphatic carbocycles. The van der Waals surface area contributed by atoms with Crippen molar-refractivity contribution in [2.24, 2.45) is 5.92 Å². The Balaban J connectivity index is 2.08. The van der Waals surface area contributed by atoms with E-state index in [0.29, 0.717) is 22.9 Å². The summed E-state index contributed by atoms with van der Waals surface area (Å²) in [6, 6.07) is 1.65. The SMILES string of the molecule is Cc1nccc(NC(=O)C2CC(=O)N(C)C2)c1Cl. The lowest BCUT2D eigenvalue weighted by molar-refractivity contribution is -0.127. The number of likely N-dealkylation sites (tertiary alicyclic amines) is 1. The third-order valence-electron chi connectivity index (χ3n) is 3.03. The fourth-order valence-electron chi connectivity index (χ4n) is 1.92. The van der Waals surface area contributed by atoms with Crippen LogP contribution in [0.1, 0.15) is 12.1 Å². The molecule has 1 aromatic heterocycles. The molecule has 5 nitrogen and oxygen atoms in total. The molecule has 1 aromatic rings. The number of nitrogens with one attached hydrogen (secondary N) is 1. The average Bonchev–Trinajstić information content (AvgIpc) is 2.66. The molecule has 1 saturated heterocycles. The first-order valence-electron chi connectivity index (χ1n) is 5.65. The molecule has 1 N–H and O–H groups in total. The van der Waals surface area contributed by atoms with Gasteiger partial charge >= 0.3 is 0 Å². The highest BCUT2D eigenvalue weighted by atomic mass is 35.5. The number of halogens is 1. The van der Waals surface area contributed by atoms with Crippen molar-refractivity contribution in [1.29, 1.82) is 0 Å². The van der Waals surface area contributed by atoms with E-state index < -0.39 is 0 Å². The van der Waals surface area contributed by atoms with E-state index in [1.807, 2.05) is 0 Å². The molecule has 6 heteroatoms. The third kappa shape index (κ3) is 2.46. The van der Waals surface area contributed by atoms with Crippen LogP contribution in [0.2, 0.25) is 5.02 Å². The molecular weight excluding hydrogens is 254 g/mol. The van der Waals surface area contributed by atoms with Gasteiger partial charge < -0.3 is 10.2 Å². The number of rotatable bonds is 2. The van der Waals surface area contributed by atoms with Gasteiger partial charge in [-0.15, -0.1) is 0 Å². The minimum absolute atomic E-state index is 0.00726. The number of carbonyl (C=O) groups is 2. The van der Waals surface area contributed by atoms with Crippen LogP contribution in [-0.4, -0.2) is 35.3 Å². The Bertz CT molecular complexity index is 504. The maximum atomic E-state index is 12.0. The largest absolute Gasteiger partial charge is 0.345 e. The number of amides is 2. The second-order valence-corrected chi connectivity index (χ2v) is 4.80. The smallest absolute Gasteiger partial charge is 0.229 e. The molecule has 1 unspecified atom stereocenters. The number of nitrogens with zero attached hydrogens (tertiary/aromatic N) is 2. The fraction of sp³-hybridized carbons (Fsp3) is 0.417. The van der Waals surface area contributed by atoms with Crippen molar-refractivity contribution in [3.8, 4) is 0 Å². The van der Waals surface area contributed by atoms with Crippen molar-refractivity contribution >= 4 is 29.1 Å². The highest BCUT2D eigenvalue weighted by Crippen LogP contribution is 2.25. The lowest BCUT2D eigenvalue weighted by atomic mass is 10.1. The molecule has 1 atom stereocenters. The maximum absolute atomic E-state index is 12.0. The van der Waals surface area contributed by atoms with Crippen LogP contribution in [-0.2, 0) is 9.59 Å². The van der Waals surface area contributed by atoms with Gasteiger partial charge in [0.25, 0.3) is 0 Å². The van der Waals surface area contributed by atoms with E-state index in [4.69, 9.17) is 11.6 Å². The van der Waals surface area contributed by atoms with Crippen LogP contribution in [0.3, 0.4) is 0 Å². The van der Waals surface area contributed by atoms with Gasteiger partial charge in [0.05, 0.1) is 22.3 Å². The van der Waals surface area contributed by atoms with Gasteiger partial charge in [-0.2, -0.15) is 0 Å². The summed E-state index contributed by atoms with van der Waals surface area (Å²) in [6.07, 6.45) is 1.84. The predicted molar refractivity (Wildman–Crippen MR) is 68.4 cm³/mol. The normalized spacial score (nSPS) is 19.2. The first kappa shape index (κ1) is 12.8. The molecular formula is C12H14ClN3O2. The van der Waals surface area contributed by atoms with Crippen LogP contribution in [0.25, 0.3) is 0 Å². The molecule has 0 spiro atoms. The standard InChI is InChI=1S/C12H14ClN3O2/c1-7-11(13)9(3-4-14-7)15-12(18)8-5-10(17)16(2)6-8/h3-4,8H,5-6H2,1-2H3,(H,14,15,18). The highest BCUT2D eigenvalue weighted by molar-refractivity contribution is 6.34. The van der Waals surface area contributed by atoms with E-state index in [2.05, 4.69) is 10.3 Å². The summed E-state index contributed by atoms with van der Waals surface area (Å²) >= 11 is 6.05. The molecule has 2 rings (SSSR count). The molecule has 0 aromatic carbocycles. The molecule has 18 heavy (non-hydrogen) atoms. The van der Waals surface area contributed by atoms with E-state index in [9.17, 15) is 9.59 Å². The Morgan fingerprint density at radius 2 is 2.33 bits per heavy atom. The Kier molecular flexibility index (Phi) is 3.52. The molecule has 2 amide bonds. The van der Waals surface area contributed by atoms with Gasteiger partial charge in [0.1, 0.15) is 0 Å². The molecule has 2 heterocycles. The molecule has 1 fully saturated rings. The quantitative estimate of drug-likeness (QED) is 0.882. The average molecular weight is 268 g/mol. The Hall–Kier alpha value is -1.62. The summed E-state index contributed by atoms with van der Waals surface area (Å²) < 4.78 is 0. The van der Waals surface area contributed by atoms with Crippen LogP contribution < -0.4 is 5.32 Å². The van der Waals surface area contributed by atoms with Crippen molar-refractivity contribution < 1.29 is 9.59 Å². The zero-order valence-corrected chi connectivity index (χ0v) is 11.0. The van der Waals surface area contributed by atoms with E-state index in [1.54, 1.807) is 31.1 Å². The molecule has 96 valence electrons. The second-order valence-electron chi connectivity index (χ2n) is 4.42. The first-order valence-corrected chi connectivity index (χ1v) is 6.02. The number of pyridine rings is 1. The number of anilines is 1. The summed E-state index contributed by atoms with van der Waals surface area (Å²) in [5.74, 6) is -0.501. The van der Waals surface area contributed by atoms with Gasteiger partial charge in [0.15, 0.2) is 0 Å². The number of hydrogen-bond donors (Lipinski definition) is 1. The topological polar surface area (TPSA) is 62.3 Å². The Morgan fingerprint density at radius 3 is 2.94 bits per heavy atom. The first-order chi connectivity index (χ1) is 8.49. The van der Waals surface area contributed by atoms with Crippen molar-refractivity contribution in [2.45, 2.75) is 13.3 Å². The molecule has 1 aliphatic rings. The summed E-state index contributed by atoms with van der Waals surface area (Å²) in [4.78, 5) is 29.0. The highest BCUT2D eigenvalue weighted by Gasteiger charge is 2.32. The Morgan fingerprint density at radius 1 is 1.61 bits per heavy atom. The van der Waals surface area contributed by atoms with Gasteiger partial charge in [-0.05, 0) is 13.0 Å². The van der Waals surface area contributed by atoms with Gasteiger partial charge in [-0.3, -0.25) is 14.6 Å². The molecule has 1 aliphatic heterocycles. The van der Waals surface area contributed by atoms with Crippen LogP contribution in [0, 0.1) is 12.8 Å². The molecule has 0 radical (unpaired) electrons. The zero-order valence-electron chi connectivity index (χ0n) is 10.2. The summed E-state index contributed by atoms with van der Waals surface area (Å²) in [7, 11) is 1.69. The van der Waals surface area contributed by atoms with Gasteiger partial charge in [-0.25, -0.2) is 0 Å². The summed E-state index contributed by atoms with van der Waals surface area (Å²) in [5.41, 5.74) is 1.20. The summed E-state index contributed by atoms with van der Waals surface area (Å²) in [6.45, 7) is 2.22. The zero-order chi connectivity index (χ0) is 13.3. The van der Waals surface area contributed by atoms with Crippen molar-refractivity contribution in [2.75, 3.05) is 18.9 Å². The van der Waals surface area contributed by atoms with Crippen molar-refractivity contribution in [1.82, 2.24) is 9.88 Å². The van der Waals surface area contributed by atoms with E-state index in [-0.39, 0.29) is 24.2 Å². The van der Waals surface area contributed by atoms with Crippen LogP contribution in [0.4, 0.5) is 5.69 Å². The molecule has 0 bridgehead atoms. The fourth-order valence-corrected chi connectivity index (χ4v) is 2.08. The number of aryl methyl sites for hydroxylation is 1. The number of hydrogen-bond acceptors (Lipinski definition) is 3. The number of carbonyl (C=O) groups excluding carboxylic acids is 2. The van der Waals surface area contributed by atoms with Crippen LogP contribution in [0.15, 0.2) is 12.3 Å². The van der Waals surface area contributed by atoms with Gasteiger partial charge in [0.2, 0.25) is 11.8 Å². The van der Waals surface area contributed by atoms with Crippen LogP contribution in [0.5, 0.6) is 0 Å². The van der Waals surface area contributed by atoms with Gasteiger partial charge in [-0.1, -0.05) is 11.6 Å². The summed E-state index contributed by atoms with van der Waals surface area (Å²) in [5, 5.41) is 3.18. The van der Waals surface area contributed by atoms with Crippen molar-refractivity contribution in [3.63, 3.8) is 0 Å². The van der Waals surface area contributed by atoms with Gasteiger partial charge in [0, 0.05) is 26.2 Å². The lowest BCUT2D eigenvalue weighted by Crippen LogP contribution is -2.25. The number of aromatic nitrogens is 1.